The number of hydrogen-bond acceptors (Lipinski definition) is 3. The van der Waals surface area contributed by atoms with Crippen LogP contribution in [0.1, 0.15) is 21.5 Å². The molecule has 0 bridgehead atoms. The molecule has 0 aliphatic carbocycles. The molecule has 108 valence electrons. The van der Waals surface area contributed by atoms with Crippen molar-refractivity contribution >= 4 is 11.8 Å². The number of ether oxygens (including phenoxy) is 1. The van der Waals surface area contributed by atoms with Gasteiger partial charge in [-0.1, -0.05) is 60.2 Å². The second-order valence-electron chi connectivity index (χ2n) is 5.00. The van der Waals surface area contributed by atoms with Crippen LogP contribution in [0.5, 0.6) is 0 Å². The van der Waals surface area contributed by atoms with Crippen LogP contribution in [0.25, 0.3) is 0 Å². The van der Waals surface area contributed by atoms with Gasteiger partial charge in [-0.05, 0) is 18.9 Å². The number of esters is 1. The summed E-state index contributed by atoms with van der Waals surface area (Å²) in [6.07, 6.45) is 0.347. The van der Waals surface area contributed by atoms with Crippen LogP contribution in [0.3, 0.4) is 0 Å². The first-order valence-electron chi connectivity index (χ1n) is 6.84. The highest BCUT2D eigenvalue weighted by Gasteiger charge is 2.28. The Morgan fingerprint density at radius 3 is 2.19 bits per heavy atom. The van der Waals surface area contributed by atoms with Crippen molar-refractivity contribution in [1.29, 1.82) is 0 Å². The molecule has 2 aromatic carbocycles. The van der Waals surface area contributed by atoms with Crippen molar-refractivity contribution in [2.24, 2.45) is 5.92 Å². The van der Waals surface area contributed by atoms with Gasteiger partial charge in [0.1, 0.15) is 5.92 Å². The molecule has 0 N–H and O–H groups in total. The Labute approximate surface area is 124 Å². The molecular formula is C18H18O3. The lowest BCUT2D eigenvalue weighted by atomic mass is 9.91. The van der Waals surface area contributed by atoms with Gasteiger partial charge >= 0.3 is 5.97 Å². The van der Waals surface area contributed by atoms with E-state index in [2.05, 4.69) is 0 Å². The molecule has 2 aromatic rings. The van der Waals surface area contributed by atoms with Crippen LogP contribution in [0.4, 0.5) is 0 Å². The van der Waals surface area contributed by atoms with Gasteiger partial charge in [-0.25, -0.2) is 0 Å². The van der Waals surface area contributed by atoms with Crippen molar-refractivity contribution in [1.82, 2.24) is 0 Å². The third-order valence-corrected chi connectivity index (χ3v) is 3.42. The van der Waals surface area contributed by atoms with E-state index >= 15 is 0 Å². The maximum absolute atomic E-state index is 12.6. The summed E-state index contributed by atoms with van der Waals surface area (Å²) in [7, 11) is 1.31. The fraction of sp³-hybridized carbons (Fsp3) is 0.222. The number of ketones is 1. The van der Waals surface area contributed by atoms with Gasteiger partial charge in [0.25, 0.3) is 0 Å². The molecule has 0 aliphatic heterocycles. The Morgan fingerprint density at radius 2 is 1.62 bits per heavy atom. The summed E-state index contributed by atoms with van der Waals surface area (Å²) < 4.78 is 4.79. The fourth-order valence-electron chi connectivity index (χ4n) is 2.19. The van der Waals surface area contributed by atoms with Crippen LogP contribution in [0.2, 0.25) is 0 Å². The van der Waals surface area contributed by atoms with E-state index in [1.807, 2.05) is 49.4 Å². The zero-order valence-electron chi connectivity index (χ0n) is 12.2. The van der Waals surface area contributed by atoms with E-state index in [9.17, 15) is 9.59 Å². The standard InChI is InChI=1S/C18H18O3/c1-13-8-10-15(11-9-13)17(19)16(18(20)21-2)12-14-6-4-3-5-7-14/h3-11,16H,12H2,1-2H3. The van der Waals surface area contributed by atoms with E-state index in [0.717, 1.165) is 11.1 Å². The first-order valence-corrected chi connectivity index (χ1v) is 6.84. The minimum Gasteiger partial charge on any atom is -0.468 e. The van der Waals surface area contributed by atoms with Crippen molar-refractivity contribution in [3.05, 3.63) is 71.3 Å². The molecule has 0 heterocycles. The van der Waals surface area contributed by atoms with Gasteiger partial charge in [0, 0.05) is 5.56 Å². The van der Waals surface area contributed by atoms with Gasteiger partial charge in [0.15, 0.2) is 5.78 Å². The van der Waals surface area contributed by atoms with Crippen LogP contribution in [-0.4, -0.2) is 18.9 Å². The Morgan fingerprint density at radius 1 is 1.00 bits per heavy atom. The molecule has 21 heavy (non-hydrogen) atoms. The topological polar surface area (TPSA) is 43.4 Å². The number of methoxy groups -OCH3 is 1. The van der Waals surface area contributed by atoms with Crippen LogP contribution in [0, 0.1) is 12.8 Å². The molecule has 0 saturated heterocycles. The summed E-state index contributed by atoms with van der Waals surface area (Å²) in [6.45, 7) is 1.95. The number of aryl methyl sites for hydroxylation is 1. The molecular weight excluding hydrogens is 264 g/mol. The number of carbonyl (C=O) groups is 2. The molecule has 3 nitrogen and oxygen atoms in total. The minimum atomic E-state index is -0.805. The lowest BCUT2D eigenvalue weighted by Crippen LogP contribution is -2.27. The number of benzene rings is 2. The lowest BCUT2D eigenvalue weighted by molar-refractivity contribution is -0.143. The number of carbonyl (C=O) groups excluding carboxylic acids is 2. The van der Waals surface area contributed by atoms with Crippen LogP contribution >= 0.6 is 0 Å². The van der Waals surface area contributed by atoms with Gasteiger partial charge < -0.3 is 4.74 Å². The molecule has 3 heteroatoms. The Hall–Kier alpha value is -2.42. The second kappa shape index (κ2) is 6.84. The van der Waals surface area contributed by atoms with Gasteiger partial charge in [0.2, 0.25) is 0 Å². The first kappa shape index (κ1) is 15.0. The zero-order chi connectivity index (χ0) is 15.2. The van der Waals surface area contributed by atoms with Crippen LogP contribution in [0.15, 0.2) is 54.6 Å². The average Bonchev–Trinajstić information content (AvgIpc) is 2.53. The van der Waals surface area contributed by atoms with Crippen molar-refractivity contribution in [2.75, 3.05) is 7.11 Å². The molecule has 1 atom stereocenters. The van der Waals surface area contributed by atoms with E-state index in [-0.39, 0.29) is 5.78 Å². The SMILES string of the molecule is COC(=O)C(Cc1ccccc1)C(=O)c1ccc(C)cc1. The fourth-order valence-corrected chi connectivity index (χ4v) is 2.19. The van der Waals surface area contributed by atoms with Crippen molar-refractivity contribution in [3.8, 4) is 0 Å². The summed E-state index contributed by atoms with van der Waals surface area (Å²) in [4.78, 5) is 24.5. The normalized spacial score (nSPS) is 11.7. The van der Waals surface area contributed by atoms with Gasteiger partial charge in [-0.3, -0.25) is 9.59 Å². The maximum atomic E-state index is 12.6. The summed E-state index contributed by atoms with van der Waals surface area (Å²) in [5.74, 6) is -1.50. The Kier molecular flexibility index (Phi) is 4.88. The molecule has 0 aromatic heterocycles. The van der Waals surface area contributed by atoms with Crippen LogP contribution < -0.4 is 0 Å². The predicted octanol–water partition coefficient (Wildman–Crippen LogP) is 3.21. The zero-order valence-corrected chi connectivity index (χ0v) is 12.2. The third kappa shape index (κ3) is 3.78. The van der Waals surface area contributed by atoms with Crippen molar-refractivity contribution in [3.63, 3.8) is 0 Å². The third-order valence-electron chi connectivity index (χ3n) is 3.42. The largest absolute Gasteiger partial charge is 0.468 e. The van der Waals surface area contributed by atoms with E-state index in [1.165, 1.54) is 7.11 Å². The highest BCUT2D eigenvalue weighted by molar-refractivity contribution is 6.08. The first-order chi connectivity index (χ1) is 10.1. The molecule has 0 amide bonds. The van der Waals surface area contributed by atoms with Crippen molar-refractivity contribution in [2.45, 2.75) is 13.3 Å². The molecule has 1 unspecified atom stereocenters. The molecule has 0 fully saturated rings. The quantitative estimate of drug-likeness (QED) is 0.480. The second-order valence-corrected chi connectivity index (χ2v) is 5.00. The van der Waals surface area contributed by atoms with E-state index in [1.54, 1.807) is 12.1 Å². The van der Waals surface area contributed by atoms with E-state index in [4.69, 9.17) is 4.74 Å². The summed E-state index contributed by atoms with van der Waals surface area (Å²) in [5, 5.41) is 0. The maximum Gasteiger partial charge on any atom is 0.316 e. The molecule has 0 spiro atoms. The highest BCUT2D eigenvalue weighted by atomic mass is 16.5. The average molecular weight is 282 g/mol. The molecule has 0 radical (unpaired) electrons. The smallest absolute Gasteiger partial charge is 0.316 e. The molecule has 0 saturated carbocycles. The monoisotopic (exact) mass is 282 g/mol. The Bertz CT molecular complexity index is 615. The summed E-state index contributed by atoms with van der Waals surface area (Å²) >= 11 is 0. The van der Waals surface area contributed by atoms with E-state index < -0.39 is 11.9 Å². The summed E-state index contributed by atoms with van der Waals surface area (Å²) in [6, 6.07) is 16.7. The van der Waals surface area contributed by atoms with Gasteiger partial charge in [-0.15, -0.1) is 0 Å². The molecule has 0 aliphatic rings. The van der Waals surface area contributed by atoms with Crippen LogP contribution in [-0.2, 0) is 16.0 Å². The van der Waals surface area contributed by atoms with Crippen molar-refractivity contribution < 1.29 is 14.3 Å². The van der Waals surface area contributed by atoms with Gasteiger partial charge in [0.05, 0.1) is 7.11 Å². The summed E-state index contributed by atoms with van der Waals surface area (Å²) in [5.41, 5.74) is 2.55. The minimum absolute atomic E-state index is 0.203. The number of hydrogen-bond donors (Lipinski definition) is 0. The van der Waals surface area contributed by atoms with E-state index in [0.29, 0.717) is 12.0 Å². The lowest BCUT2D eigenvalue weighted by Gasteiger charge is -2.14. The van der Waals surface area contributed by atoms with Gasteiger partial charge in [-0.2, -0.15) is 0 Å². The molecule has 2 rings (SSSR count). The number of rotatable bonds is 5. The highest BCUT2D eigenvalue weighted by Crippen LogP contribution is 2.17. The Balaban J connectivity index is 2.25. The predicted molar refractivity (Wildman–Crippen MR) is 81.2 cm³/mol. The number of Topliss-reactive ketones (excluding diaryl/α,β-unsaturated/α-hetero) is 1.